The minimum atomic E-state index is -0.0946. The van der Waals surface area contributed by atoms with Gasteiger partial charge in [0.1, 0.15) is 12.7 Å². The van der Waals surface area contributed by atoms with Gasteiger partial charge in [-0.1, -0.05) is 41.9 Å². The number of amides is 1. The van der Waals surface area contributed by atoms with Crippen molar-refractivity contribution in [3.63, 3.8) is 0 Å². The number of halogens is 1. The number of aromatic nitrogens is 5. The number of likely N-dealkylation sites (tertiary alicyclic amines) is 1. The second-order valence-corrected chi connectivity index (χ2v) is 8.16. The van der Waals surface area contributed by atoms with Crippen LogP contribution < -0.4 is 0 Å². The van der Waals surface area contributed by atoms with Gasteiger partial charge < -0.3 is 4.90 Å². The molecule has 0 aliphatic carbocycles. The molecule has 1 aliphatic heterocycles. The van der Waals surface area contributed by atoms with E-state index in [9.17, 15) is 4.79 Å². The topological polar surface area (TPSA) is 76.8 Å². The molecule has 7 nitrogen and oxygen atoms in total. The Morgan fingerprint density at radius 2 is 2.03 bits per heavy atom. The van der Waals surface area contributed by atoms with Crippen LogP contribution in [0.3, 0.4) is 0 Å². The molecular weight excluding hydrogens is 424 g/mol. The highest BCUT2D eigenvalue weighted by Gasteiger charge is 2.32. The van der Waals surface area contributed by atoms with Crippen LogP contribution in [-0.4, -0.2) is 42.1 Å². The van der Waals surface area contributed by atoms with Crippen molar-refractivity contribution < 1.29 is 4.79 Å². The van der Waals surface area contributed by atoms with Gasteiger partial charge in [-0.25, -0.2) is 19.6 Å². The van der Waals surface area contributed by atoms with Crippen LogP contribution in [0.1, 0.15) is 40.5 Å². The molecule has 160 valence electrons. The second-order valence-electron chi connectivity index (χ2n) is 7.72. The number of rotatable bonds is 5. The van der Waals surface area contributed by atoms with Crippen LogP contribution in [0.2, 0.25) is 5.02 Å². The summed E-state index contributed by atoms with van der Waals surface area (Å²) < 4.78 is 1.72. The first-order chi connectivity index (χ1) is 15.7. The smallest absolute Gasteiger partial charge is 0.254 e. The van der Waals surface area contributed by atoms with Crippen molar-refractivity contribution in [1.82, 2.24) is 29.6 Å². The fourth-order valence-corrected chi connectivity index (χ4v) is 4.34. The Hall–Kier alpha value is -3.58. The summed E-state index contributed by atoms with van der Waals surface area (Å²) in [5.74, 6) is 0.613. The molecule has 0 bridgehead atoms. The van der Waals surface area contributed by atoms with Gasteiger partial charge in [0.2, 0.25) is 0 Å². The maximum atomic E-state index is 13.6. The molecule has 0 N–H and O–H groups in total. The summed E-state index contributed by atoms with van der Waals surface area (Å²) in [6, 6.07) is 16.9. The second kappa shape index (κ2) is 8.88. The zero-order valence-corrected chi connectivity index (χ0v) is 18.1. The maximum absolute atomic E-state index is 13.6. The average Bonchev–Trinajstić information content (AvgIpc) is 3.51. The molecular formula is C24H21ClN6O. The van der Waals surface area contributed by atoms with Crippen molar-refractivity contribution in [3.05, 3.63) is 95.3 Å². The standard InChI is InChI=1S/C24H21ClN6O/c25-19-7-3-6-17(13-19)23-27-11-10-21(29-23)22-9-4-12-31(22)24(32)20-8-2-1-5-18(20)14-30-16-26-15-28-30/h1-3,5-8,10-11,13,15-16,22H,4,9,12,14H2/t22-/m0/s1. The Labute approximate surface area is 190 Å². The van der Waals surface area contributed by atoms with Crippen LogP contribution in [-0.2, 0) is 6.54 Å². The quantitative estimate of drug-likeness (QED) is 0.455. The van der Waals surface area contributed by atoms with Crippen LogP contribution in [0.15, 0.2) is 73.4 Å². The minimum absolute atomic E-state index is 0.00568. The molecule has 5 rings (SSSR count). The van der Waals surface area contributed by atoms with Crippen LogP contribution in [0, 0.1) is 0 Å². The monoisotopic (exact) mass is 444 g/mol. The average molecular weight is 445 g/mol. The molecule has 0 radical (unpaired) electrons. The van der Waals surface area contributed by atoms with Gasteiger partial charge in [-0.2, -0.15) is 5.10 Å². The molecule has 0 spiro atoms. The van der Waals surface area contributed by atoms with E-state index in [1.807, 2.05) is 59.5 Å². The van der Waals surface area contributed by atoms with Crippen molar-refractivity contribution in [1.29, 1.82) is 0 Å². The summed E-state index contributed by atoms with van der Waals surface area (Å²) in [6.07, 6.45) is 6.69. The van der Waals surface area contributed by atoms with Gasteiger partial charge in [-0.3, -0.25) is 4.79 Å². The first-order valence-corrected chi connectivity index (χ1v) is 10.9. The number of nitrogens with zero attached hydrogens (tertiary/aromatic N) is 6. The van der Waals surface area contributed by atoms with Crippen molar-refractivity contribution in [3.8, 4) is 11.4 Å². The Morgan fingerprint density at radius 3 is 2.88 bits per heavy atom. The van der Waals surface area contributed by atoms with Crippen molar-refractivity contribution in [2.24, 2.45) is 0 Å². The van der Waals surface area contributed by atoms with Crippen molar-refractivity contribution in [2.45, 2.75) is 25.4 Å². The van der Waals surface area contributed by atoms with E-state index in [2.05, 4.69) is 15.1 Å². The molecule has 4 aromatic rings. The summed E-state index contributed by atoms with van der Waals surface area (Å²) in [5, 5.41) is 4.81. The molecule has 32 heavy (non-hydrogen) atoms. The van der Waals surface area contributed by atoms with Gasteiger partial charge in [-0.15, -0.1) is 0 Å². The molecule has 1 fully saturated rings. The third-order valence-corrected chi connectivity index (χ3v) is 5.90. The van der Waals surface area contributed by atoms with Gasteiger partial charge in [0.25, 0.3) is 5.91 Å². The van der Waals surface area contributed by atoms with Gasteiger partial charge in [-0.05, 0) is 42.7 Å². The first kappa shape index (κ1) is 20.3. The molecule has 1 saturated heterocycles. The molecule has 2 aromatic carbocycles. The van der Waals surface area contributed by atoms with E-state index in [4.69, 9.17) is 16.6 Å². The molecule has 1 aliphatic rings. The predicted octanol–water partition coefficient (Wildman–Crippen LogP) is 4.41. The van der Waals surface area contributed by atoms with E-state index in [1.54, 1.807) is 17.2 Å². The summed E-state index contributed by atoms with van der Waals surface area (Å²) in [5.41, 5.74) is 3.29. The van der Waals surface area contributed by atoms with E-state index in [1.165, 1.54) is 6.33 Å². The van der Waals surface area contributed by atoms with E-state index >= 15 is 0 Å². The summed E-state index contributed by atoms with van der Waals surface area (Å²) in [4.78, 5) is 28.7. The molecule has 3 heterocycles. The minimum Gasteiger partial charge on any atom is -0.330 e. The van der Waals surface area contributed by atoms with Crippen LogP contribution >= 0.6 is 11.6 Å². The summed E-state index contributed by atoms with van der Waals surface area (Å²) >= 11 is 6.14. The predicted molar refractivity (Wildman–Crippen MR) is 121 cm³/mol. The fraction of sp³-hybridized carbons (Fsp3) is 0.208. The number of hydrogen-bond donors (Lipinski definition) is 0. The van der Waals surface area contributed by atoms with E-state index in [0.29, 0.717) is 29.5 Å². The van der Waals surface area contributed by atoms with Crippen LogP contribution in [0.25, 0.3) is 11.4 Å². The molecule has 8 heteroatoms. The van der Waals surface area contributed by atoms with Gasteiger partial charge in [0.15, 0.2) is 5.82 Å². The maximum Gasteiger partial charge on any atom is 0.254 e. The Balaban J connectivity index is 1.44. The lowest BCUT2D eigenvalue weighted by atomic mass is 10.0. The Morgan fingerprint density at radius 1 is 1.12 bits per heavy atom. The van der Waals surface area contributed by atoms with Gasteiger partial charge in [0, 0.05) is 28.9 Å². The molecule has 0 saturated carbocycles. The normalized spacial score (nSPS) is 15.8. The van der Waals surface area contributed by atoms with E-state index in [-0.39, 0.29) is 11.9 Å². The lowest BCUT2D eigenvalue weighted by Gasteiger charge is -2.25. The number of carbonyl (C=O) groups excluding carboxylic acids is 1. The zero-order chi connectivity index (χ0) is 21.9. The Bertz CT molecular complexity index is 1240. The molecule has 1 atom stereocenters. The first-order valence-electron chi connectivity index (χ1n) is 10.5. The number of benzene rings is 2. The van der Waals surface area contributed by atoms with E-state index < -0.39 is 0 Å². The zero-order valence-electron chi connectivity index (χ0n) is 17.3. The van der Waals surface area contributed by atoms with Crippen molar-refractivity contribution >= 4 is 17.5 Å². The molecule has 2 aromatic heterocycles. The van der Waals surface area contributed by atoms with Crippen LogP contribution in [0.5, 0.6) is 0 Å². The highest BCUT2D eigenvalue weighted by Crippen LogP contribution is 2.33. The summed E-state index contributed by atoms with van der Waals surface area (Å²) in [6.45, 7) is 1.19. The molecule has 0 unspecified atom stereocenters. The third-order valence-electron chi connectivity index (χ3n) is 5.66. The van der Waals surface area contributed by atoms with Gasteiger partial charge in [0.05, 0.1) is 18.3 Å². The number of carbonyl (C=O) groups is 1. The lowest BCUT2D eigenvalue weighted by Crippen LogP contribution is -2.32. The number of hydrogen-bond acceptors (Lipinski definition) is 5. The highest BCUT2D eigenvalue weighted by atomic mass is 35.5. The van der Waals surface area contributed by atoms with E-state index in [0.717, 1.165) is 29.7 Å². The summed E-state index contributed by atoms with van der Waals surface area (Å²) in [7, 11) is 0. The van der Waals surface area contributed by atoms with Gasteiger partial charge >= 0.3 is 0 Å². The molecule has 1 amide bonds. The van der Waals surface area contributed by atoms with Crippen molar-refractivity contribution in [2.75, 3.05) is 6.54 Å². The largest absolute Gasteiger partial charge is 0.330 e. The Kier molecular flexibility index (Phi) is 5.64. The SMILES string of the molecule is O=C(c1ccccc1Cn1cncn1)N1CCC[C@H]1c1ccnc(-c2cccc(Cl)c2)n1. The van der Waals surface area contributed by atoms with Crippen LogP contribution in [0.4, 0.5) is 0 Å². The highest BCUT2D eigenvalue weighted by molar-refractivity contribution is 6.30. The lowest BCUT2D eigenvalue weighted by molar-refractivity contribution is 0.0731. The fourth-order valence-electron chi connectivity index (χ4n) is 4.15. The third kappa shape index (κ3) is 4.11.